The third-order valence-electron chi connectivity index (χ3n) is 1.60. The minimum Gasteiger partial charge on any atom is -0.432 e. The van der Waals surface area contributed by atoms with Gasteiger partial charge in [-0.3, -0.25) is 4.79 Å². The summed E-state index contributed by atoms with van der Waals surface area (Å²) in [6, 6.07) is 2.18. The normalized spacial score (nSPS) is 10.4. The molecule has 0 N–H and O–H groups in total. The van der Waals surface area contributed by atoms with Gasteiger partial charge in [-0.05, 0) is 24.6 Å². The molecule has 0 atom stereocenters. The monoisotopic (exact) mass is 204 g/mol. The molecule has 5 heteroatoms. The number of carbonyl (C=O) groups excluding carboxylic acids is 1. The molecular weight excluding hydrogens is 197 g/mol. The molecule has 0 bridgehead atoms. The van der Waals surface area contributed by atoms with Gasteiger partial charge < -0.3 is 4.74 Å². The van der Waals surface area contributed by atoms with Crippen LogP contribution in [0.3, 0.4) is 0 Å². The van der Waals surface area contributed by atoms with Crippen molar-refractivity contribution in [3.8, 4) is 5.75 Å². The Morgan fingerprint density at radius 1 is 1.43 bits per heavy atom. The molecule has 0 aromatic heterocycles. The summed E-state index contributed by atoms with van der Waals surface area (Å²) in [5, 5.41) is 0. The second-order valence-corrected chi connectivity index (χ2v) is 2.65. The number of rotatable bonds is 3. The van der Waals surface area contributed by atoms with Crippen molar-refractivity contribution < 1.29 is 22.7 Å². The third-order valence-corrected chi connectivity index (χ3v) is 1.60. The summed E-state index contributed by atoms with van der Waals surface area (Å²) in [4.78, 5) is 10.3. The van der Waals surface area contributed by atoms with Gasteiger partial charge in [-0.25, -0.2) is 4.39 Å². The lowest BCUT2D eigenvalue weighted by Gasteiger charge is -2.07. The van der Waals surface area contributed by atoms with Crippen LogP contribution < -0.4 is 4.74 Å². The zero-order chi connectivity index (χ0) is 10.7. The topological polar surface area (TPSA) is 26.3 Å². The summed E-state index contributed by atoms with van der Waals surface area (Å²) in [7, 11) is 0. The van der Waals surface area contributed by atoms with E-state index in [9.17, 15) is 18.0 Å². The van der Waals surface area contributed by atoms with Crippen molar-refractivity contribution in [2.75, 3.05) is 0 Å². The van der Waals surface area contributed by atoms with Crippen LogP contribution in [0.4, 0.5) is 13.2 Å². The molecule has 0 saturated heterocycles. The van der Waals surface area contributed by atoms with E-state index >= 15 is 0 Å². The first-order chi connectivity index (χ1) is 6.54. The molecule has 76 valence electrons. The van der Waals surface area contributed by atoms with Crippen LogP contribution in [0.1, 0.15) is 15.9 Å². The number of hydrogen-bond acceptors (Lipinski definition) is 2. The van der Waals surface area contributed by atoms with E-state index < -0.39 is 18.2 Å². The first-order valence-electron chi connectivity index (χ1n) is 3.74. The number of benzene rings is 1. The van der Waals surface area contributed by atoms with Gasteiger partial charge in [0, 0.05) is 5.56 Å². The number of ether oxygens (including phenoxy) is 1. The van der Waals surface area contributed by atoms with Crippen LogP contribution in [-0.4, -0.2) is 12.9 Å². The molecule has 0 fully saturated rings. The van der Waals surface area contributed by atoms with Crippen LogP contribution in [0.2, 0.25) is 0 Å². The van der Waals surface area contributed by atoms with Crippen LogP contribution in [0, 0.1) is 12.7 Å². The second kappa shape index (κ2) is 4.13. The van der Waals surface area contributed by atoms with E-state index in [1.807, 2.05) is 0 Å². The smallest absolute Gasteiger partial charge is 0.387 e. The van der Waals surface area contributed by atoms with E-state index in [1.54, 1.807) is 0 Å². The predicted molar refractivity (Wildman–Crippen MR) is 43.2 cm³/mol. The lowest BCUT2D eigenvalue weighted by molar-refractivity contribution is -0.0522. The standard InChI is InChI=1S/C9H7F3O2/c1-5-2-6(4-13)3-7(8(5)10)14-9(11)12/h2-4,9H,1H3. The first kappa shape index (κ1) is 10.6. The quantitative estimate of drug-likeness (QED) is 0.707. The molecule has 14 heavy (non-hydrogen) atoms. The molecule has 2 nitrogen and oxygen atoms in total. The molecule has 0 saturated carbocycles. The van der Waals surface area contributed by atoms with Crippen molar-refractivity contribution in [1.82, 2.24) is 0 Å². The molecular formula is C9H7F3O2. The van der Waals surface area contributed by atoms with Crippen molar-refractivity contribution in [3.05, 3.63) is 29.1 Å². The van der Waals surface area contributed by atoms with Gasteiger partial charge in [0.05, 0.1) is 0 Å². The average Bonchev–Trinajstić information content (AvgIpc) is 2.11. The Morgan fingerprint density at radius 2 is 2.07 bits per heavy atom. The largest absolute Gasteiger partial charge is 0.432 e. The fourth-order valence-electron chi connectivity index (χ4n) is 1.01. The molecule has 0 unspecified atom stereocenters. The van der Waals surface area contributed by atoms with Gasteiger partial charge in [0.2, 0.25) is 0 Å². The molecule has 0 spiro atoms. The Kier molecular flexibility index (Phi) is 3.11. The summed E-state index contributed by atoms with van der Waals surface area (Å²) in [6.07, 6.45) is 0.435. The Hall–Kier alpha value is -1.52. The Bertz CT molecular complexity index is 350. The third kappa shape index (κ3) is 2.25. The minimum absolute atomic E-state index is 0.0882. The molecule has 0 aliphatic carbocycles. The number of halogens is 3. The maximum atomic E-state index is 13.1. The van der Waals surface area contributed by atoms with Gasteiger partial charge in [0.25, 0.3) is 0 Å². The zero-order valence-electron chi connectivity index (χ0n) is 7.26. The fraction of sp³-hybridized carbons (Fsp3) is 0.222. The number of hydrogen-bond donors (Lipinski definition) is 0. The summed E-state index contributed by atoms with van der Waals surface area (Å²) in [5.41, 5.74) is 0.185. The van der Waals surface area contributed by atoms with Gasteiger partial charge >= 0.3 is 6.61 Å². The molecule has 1 aromatic carbocycles. The summed E-state index contributed by atoms with van der Waals surface area (Å²) in [6.45, 7) is -1.74. The first-order valence-corrected chi connectivity index (χ1v) is 3.74. The Balaban J connectivity index is 3.13. The van der Waals surface area contributed by atoms with Gasteiger partial charge in [-0.1, -0.05) is 0 Å². The van der Waals surface area contributed by atoms with E-state index in [-0.39, 0.29) is 11.1 Å². The summed E-state index contributed by atoms with van der Waals surface area (Å²) < 4.78 is 40.6. The summed E-state index contributed by atoms with van der Waals surface area (Å²) >= 11 is 0. The highest BCUT2D eigenvalue weighted by atomic mass is 19.3. The minimum atomic E-state index is -3.11. The van der Waals surface area contributed by atoms with Crippen LogP contribution in [0.25, 0.3) is 0 Å². The van der Waals surface area contributed by atoms with Crippen molar-refractivity contribution in [2.24, 2.45) is 0 Å². The predicted octanol–water partition coefficient (Wildman–Crippen LogP) is 2.55. The average molecular weight is 204 g/mol. The van der Waals surface area contributed by atoms with E-state index in [2.05, 4.69) is 4.74 Å². The van der Waals surface area contributed by atoms with Gasteiger partial charge in [0.1, 0.15) is 6.29 Å². The van der Waals surface area contributed by atoms with Crippen molar-refractivity contribution in [1.29, 1.82) is 0 Å². The highest BCUT2D eigenvalue weighted by molar-refractivity contribution is 5.76. The molecule has 0 radical (unpaired) electrons. The molecule has 0 heterocycles. The maximum absolute atomic E-state index is 13.1. The molecule has 0 aliphatic heterocycles. The molecule has 1 aromatic rings. The maximum Gasteiger partial charge on any atom is 0.387 e. The van der Waals surface area contributed by atoms with Gasteiger partial charge in [-0.2, -0.15) is 8.78 Å². The van der Waals surface area contributed by atoms with Gasteiger partial charge in [-0.15, -0.1) is 0 Å². The molecule has 0 aliphatic rings. The van der Waals surface area contributed by atoms with Crippen LogP contribution in [0.5, 0.6) is 5.75 Å². The highest BCUT2D eigenvalue weighted by Crippen LogP contribution is 2.23. The summed E-state index contributed by atoms with van der Waals surface area (Å²) in [5.74, 6) is -1.49. The highest BCUT2D eigenvalue weighted by Gasteiger charge is 2.13. The van der Waals surface area contributed by atoms with E-state index in [4.69, 9.17) is 0 Å². The number of carbonyl (C=O) groups is 1. The van der Waals surface area contributed by atoms with E-state index in [0.717, 1.165) is 6.07 Å². The number of aldehydes is 1. The van der Waals surface area contributed by atoms with Gasteiger partial charge in [0.15, 0.2) is 11.6 Å². The molecule has 0 amide bonds. The van der Waals surface area contributed by atoms with Crippen LogP contribution in [-0.2, 0) is 0 Å². The fourth-order valence-corrected chi connectivity index (χ4v) is 1.01. The van der Waals surface area contributed by atoms with Crippen molar-refractivity contribution in [2.45, 2.75) is 13.5 Å². The van der Waals surface area contributed by atoms with E-state index in [1.165, 1.54) is 13.0 Å². The molecule has 1 rings (SSSR count). The Morgan fingerprint density at radius 3 is 2.57 bits per heavy atom. The van der Waals surface area contributed by atoms with Crippen molar-refractivity contribution >= 4 is 6.29 Å². The lowest BCUT2D eigenvalue weighted by Crippen LogP contribution is -2.05. The zero-order valence-corrected chi connectivity index (χ0v) is 7.26. The number of aryl methyl sites for hydroxylation is 1. The van der Waals surface area contributed by atoms with E-state index in [0.29, 0.717) is 6.29 Å². The SMILES string of the molecule is Cc1cc(C=O)cc(OC(F)F)c1F. The van der Waals surface area contributed by atoms with Crippen molar-refractivity contribution in [3.63, 3.8) is 0 Å². The van der Waals surface area contributed by atoms with Crippen LogP contribution in [0.15, 0.2) is 12.1 Å². The van der Waals surface area contributed by atoms with Crippen LogP contribution >= 0.6 is 0 Å². The second-order valence-electron chi connectivity index (χ2n) is 2.65. The number of alkyl halides is 2. The lowest BCUT2D eigenvalue weighted by atomic mass is 10.1. The Labute approximate surface area is 78.3 Å².